The Morgan fingerprint density at radius 2 is 0.791 bits per heavy atom. The van der Waals surface area contributed by atoms with Crippen molar-refractivity contribution in [3.63, 3.8) is 0 Å². The maximum absolute atomic E-state index is 12.7. The van der Waals surface area contributed by atoms with Crippen molar-refractivity contribution in [3.05, 3.63) is 0 Å². The molecule has 13 heteroatoms. The smallest absolute Gasteiger partial charge is 0.320 e. The number of hydrogen-bond donors (Lipinski definition) is 1. The molecule has 1 aliphatic heterocycles. The first-order valence-corrected chi connectivity index (χ1v) is 15.0. The van der Waals surface area contributed by atoms with Crippen molar-refractivity contribution < 1.29 is 38.2 Å². The van der Waals surface area contributed by atoms with Gasteiger partial charge in [-0.05, 0) is 62.3 Å². The molecule has 0 unspecified atom stereocenters. The summed E-state index contributed by atoms with van der Waals surface area (Å²) in [5.74, 6) is -1.38. The molecule has 0 atom stereocenters. The summed E-state index contributed by atoms with van der Waals surface area (Å²) >= 11 is 0. The Hall–Kier alpha value is -2.61. The van der Waals surface area contributed by atoms with Crippen LogP contribution in [0.5, 0.6) is 0 Å². The number of carbonyl (C=O) groups excluding carboxylic acids is 5. The molecule has 1 heterocycles. The molecule has 0 bridgehead atoms. The minimum Gasteiger partial charge on any atom is -0.459 e. The van der Waals surface area contributed by atoms with E-state index in [1.807, 2.05) is 81.9 Å². The summed E-state index contributed by atoms with van der Waals surface area (Å²) in [7, 11) is 0. The van der Waals surface area contributed by atoms with Gasteiger partial charge in [-0.3, -0.25) is 38.8 Å². The van der Waals surface area contributed by atoms with E-state index < -0.39 is 16.8 Å². The third kappa shape index (κ3) is 20.1. The van der Waals surface area contributed by atoms with Crippen LogP contribution in [0.2, 0.25) is 0 Å². The highest BCUT2D eigenvalue weighted by atomic mass is 16.6. The van der Waals surface area contributed by atoms with Crippen LogP contribution < -0.4 is 5.32 Å². The van der Waals surface area contributed by atoms with Crippen LogP contribution in [0.3, 0.4) is 0 Å². The third-order valence-electron chi connectivity index (χ3n) is 6.00. The molecule has 248 valence electrons. The second-order valence-corrected chi connectivity index (χ2v) is 13.8. The fourth-order valence-corrected chi connectivity index (χ4v) is 4.29. The molecule has 13 nitrogen and oxygen atoms in total. The van der Waals surface area contributed by atoms with Crippen molar-refractivity contribution >= 4 is 30.1 Å². The Kier molecular flexibility index (Phi) is 15.7. The van der Waals surface area contributed by atoms with Crippen LogP contribution in [-0.2, 0) is 38.2 Å². The van der Waals surface area contributed by atoms with Gasteiger partial charge in [-0.25, -0.2) is 0 Å². The zero-order valence-electron chi connectivity index (χ0n) is 27.8. The molecule has 1 fully saturated rings. The largest absolute Gasteiger partial charge is 0.459 e. The number of amides is 1. The standard InChI is InChI=1S/C30H55N5O8/c1-28(2,3)41-25(38)21-33-13-11-32(20-24(37)31-10-19-36)12-14-34(22-26(39)42-29(4,5)6)16-18-35(17-15-33)23-27(40)43-30(7,8)9/h19H,10-18,20-23H2,1-9H3,(H,31,37). The van der Waals surface area contributed by atoms with E-state index in [4.69, 9.17) is 14.2 Å². The molecule has 0 spiro atoms. The van der Waals surface area contributed by atoms with E-state index in [9.17, 15) is 24.0 Å². The molecule has 0 radical (unpaired) electrons. The predicted molar refractivity (Wildman–Crippen MR) is 162 cm³/mol. The minimum absolute atomic E-state index is 0.0491. The van der Waals surface area contributed by atoms with Crippen molar-refractivity contribution in [2.75, 3.05) is 85.1 Å². The van der Waals surface area contributed by atoms with Gasteiger partial charge in [0.1, 0.15) is 23.1 Å². The van der Waals surface area contributed by atoms with E-state index in [1.54, 1.807) is 0 Å². The molecule has 1 rings (SSSR count). The second kappa shape index (κ2) is 17.6. The summed E-state index contributed by atoms with van der Waals surface area (Å²) in [6.07, 6.45) is 0.627. The van der Waals surface area contributed by atoms with Crippen LogP contribution in [-0.4, -0.2) is 152 Å². The molecule has 0 aromatic carbocycles. The lowest BCUT2D eigenvalue weighted by Gasteiger charge is -2.34. The highest BCUT2D eigenvalue weighted by Gasteiger charge is 2.25. The topological polar surface area (TPSA) is 138 Å². The van der Waals surface area contributed by atoms with Gasteiger partial charge >= 0.3 is 17.9 Å². The number of nitrogens with zero attached hydrogens (tertiary/aromatic N) is 4. The van der Waals surface area contributed by atoms with Crippen LogP contribution in [0.4, 0.5) is 0 Å². The van der Waals surface area contributed by atoms with Crippen molar-refractivity contribution in [3.8, 4) is 0 Å². The van der Waals surface area contributed by atoms with Crippen LogP contribution in [0.15, 0.2) is 0 Å². The number of hydrogen-bond acceptors (Lipinski definition) is 12. The lowest BCUT2D eigenvalue weighted by molar-refractivity contribution is -0.158. The van der Waals surface area contributed by atoms with Gasteiger partial charge in [-0.1, -0.05) is 0 Å². The molecule has 0 saturated carbocycles. The van der Waals surface area contributed by atoms with Gasteiger partial charge in [-0.15, -0.1) is 0 Å². The van der Waals surface area contributed by atoms with E-state index in [-0.39, 0.29) is 56.5 Å². The fourth-order valence-electron chi connectivity index (χ4n) is 4.29. The number of aldehydes is 1. The monoisotopic (exact) mass is 613 g/mol. The quantitative estimate of drug-likeness (QED) is 0.209. The highest BCUT2D eigenvalue weighted by Crippen LogP contribution is 2.11. The molecule has 1 saturated heterocycles. The lowest BCUT2D eigenvalue weighted by Crippen LogP contribution is -2.50. The van der Waals surface area contributed by atoms with E-state index in [2.05, 4.69) is 5.32 Å². The van der Waals surface area contributed by atoms with Crippen LogP contribution in [0, 0.1) is 0 Å². The summed E-state index contributed by atoms with van der Waals surface area (Å²) < 4.78 is 16.7. The van der Waals surface area contributed by atoms with Crippen molar-refractivity contribution in [2.24, 2.45) is 0 Å². The Morgan fingerprint density at radius 3 is 1.02 bits per heavy atom. The number of esters is 3. The molecule has 1 N–H and O–H groups in total. The van der Waals surface area contributed by atoms with Gasteiger partial charge in [0.05, 0.1) is 32.7 Å². The normalized spacial score (nSPS) is 17.7. The maximum Gasteiger partial charge on any atom is 0.320 e. The van der Waals surface area contributed by atoms with Gasteiger partial charge in [0.15, 0.2) is 0 Å². The average molecular weight is 614 g/mol. The van der Waals surface area contributed by atoms with E-state index in [1.165, 1.54) is 0 Å². The zero-order chi connectivity index (χ0) is 32.8. The van der Waals surface area contributed by atoms with Gasteiger partial charge in [0, 0.05) is 52.4 Å². The molecule has 0 aromatic rings. The molecule has 1 aliphatic rings. The van der Waals surface area contributed by atoms with Crippen LogP contribution in [0.25, 0.3) is 0 Å². The number of rotatable bonds is 10. The lowest BCUT2D eigenvalue weighted by atomic mass is 10.2. The molecule has 43 heavy (non-hydrogen) atoms. The van der Waals surface area contributed by atoms with E-state index in [0.29, 0.717) is 58.6 Å². The zero-order valence-corrected chi connectivity index (χ0v) is 27.8. The number of ether oxygens (including phenoxy) is 3. The first-order chi connectivity index (χ1) is 19.7. The van der Waals surface area contributed by atoms with Gasteiger partial charge < -0.3 is 24.3 Å². The number of nitrogens with one attached hydrogen (secondary N) is 1. The highest BCUT2D eigenvalue weighted by molar-refractivity contribution is 5.80. The van der Waals surface area contributed by atoms with Crippen molar-refractivity contribution in [1.82, 2.24) is 24.9 Å². The molecule has 0 aromatic heterocycles. The second-order valence-electron chi connectivity index (χ2n) is 13.8. The third-order valence-corrected chi connectivity index (χ3v) is 6.00. The van der Waals surface area contributed by atoms with Gasteiger partial charge in [0.25, 0.3) is 0 Å². The molecule has 0 aliphatic carbocycles. The van der Waals surface area contributed by atoms with E-state index in [0.717, 1.165) is 0 Å². The Morgan fingerprint density at radius 1 is 0.535 bits per heavy atom. The summed E-state index contributed by atoms with van der Waals surface area (Å²) in [5, 5.41) is 2.57. The molecular weight excluding hydrogens is 558 g/mol. The first-order valence-electron chi connectivity index (χ1n) is 15.0. The minimum atomic E-state index is -0.632. The van der Waals surface area contributed by atoms with Crippen molar-refractivity contribution in [1.29, 1.82) is 0 Å². The van der Waals surface area contributed by atoms with Crippen LogP contribution >= 0.6 is 0 Å². The Balaban J connectivity index is 3.19. The van der Waals surface area contributed by atoms with Crippen molar-refractivity contribution in [2.45, 2.75) is 79.1 Å². The average Bonchev–Trinajstić information content (AvgIpc) is 2.80. The Bertz CT molecular complexity index is 877. The fraction of sp³-hybridized carbons (Fsp3) is 0.833. The van der Waals surface area contributed by atoms with E-state index >= 15 is 0 Å². The Labute approximate surface area is 257 Å². The molecule has 1 amide bonds. The maximum atomic E-state index is 12.7. The summed E-state index contributed by atoms with van der Waals surface area (Å²) in [6, 6.07) is 0. The summed E-state index contributed by atoms with van der Waals surface area (Å²) in [4.78, 5) is 69.2. The summed E-state index contributed by atoms with van der Waals surface area (Å²) in [5.41, 5.74) is -1.89. The SMILES string of the molecule is CC(C)(C)OC(=O)CN1CCN(CC(=O)NCC=O)CCN(CC(=O)OC(C)(C)C)CCN(CC(=O)OC(C)(C)C)CC1. The predicted octanol–water partition coefficient (Wildman–Crippen LogP) is 0.548. The van der Waals surface area contributed by atoms with Gasteiger partial charge in [-0.2, -0.15) is 0 Å². The number of carbonyl (C=O) groups is 5. The first kappa shape index (κ1) is 38.4. The summed E-state index contributed by atoms with van der Waals surface area (Å²) in [6.45, 7) is 20.1. The van der Waals surface area contributed by atoms with Crippen LogP contribution in [0.1, 0.15) is 62.3 Å². The molecular formula is C30H55N5O8. The van der Waals surface area contributed by atoms with Gasteiger partial charge in [0.2, 0.25) is 5.91 Å².